The van der Waals surface area contributed by atoms with Crippen LogP contribution >= 0.6 is 0 Å². The molecule has 0 spiro atoms. The second-order valence-electron chi connectivity index (χ2n) is 1.76. The number of nitrogens with one attached hydrogen (secondary N) is 2. The summed E-state index contributed by atoms with van der Waals surface area (Å²) in [7, 11) is -3.38. The number of sulfonamides is 1. The number of carbonyl (C=O) groups excluding carboxylic acids is 1. The molecule has 1 unspecified atom stereocenters. The number of hydrogen-bond acceptors (Lipinski definition) is 3. The predicted octanol–water partition coefficient (Wildman–Crippen LogP) is -1.02. The number of amides is 2. The number of rotatable bonds is 0. The average molecular weight is 150 g/mol. The Morgan fingerprint density at radius 3 is 2.22 bits per heavy atom. The summed E-state index contributed by atoms with van der Waals surface area (Å²) in [4.78, 5) is 10.3. The van der Waals surface area contributed by atoms with Crippen molar-refractivity contribution in [2.45, 2.75) is 12.3 Å². The Hall–Kier alpha value is -0.780. The van der Waals surface area contributed by atoms with Crippen molar-refractivity contribution in [1.82, 2.24) is 10.0 Å². The molecule has 0 aromatic rings. The molecule has 0 radical (unpaired) electrons. The van der Waals surface area contributed by atoms with Crippen molar-refractivity contribution < 1.29 is 13.2 Å². The standard InChI is InChI=1S/C3H6N2O3S/c1-2-4-3(6)5-9(2,7)8/h2H,1H3,(H2,4,5,6). The Morgan fingerprint density at radius 1 is 1.56 bits per heavy atom. The lowest BCUT2D eigenvalue weighted by molar-refractivity contribution is 0.248. The lowest BCUT2D eigenvalue weighted by Crippen LogP contribution is -2.24. The van der Waals surface area contributed by atoms with E-state index in [-0.39, 0.29) is 0 Å². The summed E-state index contributed by atoms with van der Waals surface area (Å²) in [5.41, 5.74) is 0. The van der Waals surface area contributed by atoms with Crippen molar-refractivity contribution in [3.63, 3.8) is 0 Å². The van der Waals surface area contributed by atoms with Gasteiger partial charge in [-0.15, -0.1) is 0 Å². The molecule has 1 rings (SSSR count). The molecule has 1 aliphatic heterocycles. The first-order chi connectivity index (χ1) is 4.02. The summed E-state index contributed by atoms with van der Waals surface area (Å²) in [5, 5.41) is 1.37. The van der Waals surface area contributed by atoms with Crippen LogP contribution < -0.4 is 10.0 Å². The molecule has 1 atom stereocenters. The molecular weight excluding hydrogens is 144 g/mol. The lowest BCUT2D eigenvalue weighted by Gasteiger charge is -1.95. The summed E-state index contributed by atoms with van der Waals surface area (Å²) in [6.45, 7) is 1.40. The van der Waals surface area contributed by atoms with E-state index in [1.54, 1.807) is 4.72 Å². The van der Waals surface area contributed by atoms with Crippen LogP contribution in [0.4, 0.5) is 4.79 Å². The molecule has 2 amide bonds. The molecule has 2 N–H and O–H groups in total. The Morgan fingerprint density at radius 2 is 2.11 bits per heavy atom. The molecule has 1 saturated heterocycles. The van der Waals surface area contributed by atoms with Gasteiger partial charge in [0.25, 0.3) is 10.0 Å². The molecule has 0 aromatic carbocycles. The Bertz CT molecular complexity index is 231. The highest BCUT2D eigenvalue weighted by Gasteiger charge is 2.31. The van der Waals surface area contributed by atoms with Crippen molar-refractivity contribution >= 4 is 16.1 Å². The van der Waals surface area contributed by atoms with Crippen LogP contribution in [0.25, 0.3) is 0 Å². The smallest absolute Gasteiger partial charge is 0.319 e. The fourth-order valence-corrected chi connectivity index (χ4v) is 1.27. The lowest BCUT2D eigenvalue weighted by atomic mass is 10.7. The predicted molar refractivity (Wildman–Crippen MR) is 30.0 cm³/mol. The molecule has 0 aromatic heterocycles. The van der Waals surface area contributed by atoms with E-state index in [1.165, 1.54) is 6.92 Å². The van der Waals surface area contributed by atoms with E-state index >= 15 is 0 Å². The van der Waals surface area contributed by atoms with Gasteiger partial charge in [-0.3, -0.25) is 0 Å². The summed E-state index contributed by atoms with van der Waals surface area (Å²) >= 11 is 0. The van der Waals surface area contributed by atoms with Crippen LogP contribution in [0.2, 0.25) is 0 Å². The maximum Gasteiger partial charge on any atom is 0.329 e. The minimum absolute atomic E-state index is 0.650. The van der Waals surface area contributed by atoms with E-state index < -0.39 is 21.4 Å². The van der Waals surface area contributed by atoms with Gasteiger partial charge in [-0.25, -0.2) is 17.9 Å². The van der Waals surface area contributed by atoms with Gasteiger partial charge < -0.3 is 5.32 Å². The monoisotopic (exact) mass is 150 g/mol. The third-order valence-electron chi connectivity index (χ3n) is 1.03. The molecule has 6 heteroatoms. The fourth-order valence-electron chi connectivity index (χ4n) is 0.509. The molecule has 0 bridgehead atoms. The molecule has 0 aliphatic carbocycles. The molecule has 9 heavy (non-hydrogen) atoms. The zero-order chi connectivity index (χ0) is 7.07. The van der Waals surface area contributed by atoms with E-state index in [0.29, 0.717) is 0 Å². The second kappa shape index (κ2) is 1.60. The molecule has 5 nitrogen and oxygen atoms in total. The summed E-state index contributed by atoms with van der Waals surface area (Å²) in [6.07, 6.45) is 0. The van der Waals surface area contributed by atoms with Gasteiger partial charge in [-0.2, -0.15) is 0 Å². The molecular formula is C3H6N2O3S. The van der Waals surface area contributed by atoms with Gasteiger partial charge in [0.15, 0.2) is 0 Å². The summed E-state index contributed by atoms with van der Waals surface area (Å²) < 4.78 is 22.9. The molecule has 1 aliphatic rings. The normalized spacial score (nSPS) is 31.2. The zero-order valence-corrected chi connectivity index (χ0v) is 5.53. The van der Waals surface area contributed by atoms with Crippen LogP contribution in [0.5, 0.6) is 0 Å². The second-order valence-corrected chi connectivity index (χ2v) is 3.76. The van der Waals surface area contributed by atoms with Crippen molar-refractivity contribution in [2.24, 2.45) is 0 Å². The van der Waals surface area contributed by atoms with Crippen LogP contribution in [0, 0.1) is 0 Å². The zero-order valence-electron chi connectivity index (χ0n) is 4.71. The van der Waals surface area contributed by atoms with E-state index in [9.17, 15) is 13.2 Å². The van der Waals surface area contributed by atoms with Crippen LogP contribution in [0.1, 0.15) is 6.92 Å². The average Bonchev–Trinajstić information content (AvgIpc) is 1.79. The van der Waals surface area contributed by atoms with Gasteiger partial charge in [0.05, 0.1) is 0 Å². The highest BCUT2D eigenvalue weighted by Crippen LogP contribution is 1.99. The number of hydrogen-bond donors (Lipinski definition) is 2. The maximum atomic E-state index is 10.6. The topological polar surface area (TPSA) is 75.3 Å². The fraction of sp³-hybridized carbons (Fsp3) is 0.667. The van der Waals surface area contributed by atoms with Crippen LogP contribution in [0.15, 0.2) is 0 Å². The Balaban J connectivity index is 2.95. The van der Waals surface area contributed by atoms with Crippen molar-refractivity contribution in [1.29, 1.82) is 0 Å². The maximum absolute atomic E-state index is 10.6. The first-order valence-corrected chi connectivity index (χ1v) is 3.89. The molecule has 0 saturated carbocycles. The Kier molecular flexibility index (Phi) is 1.13. The molecule has 52 valence electrons. The van der Waals surface area contributed by atoms with E-state index in [4.69, 9.17) is 0 Å². The number of carbonyl (C=O) groups is 1. The van der Waals surface area contributed by atoms with Crippen LogP contribution in [-0.2, 0) is 10.0 Å². The van der Waals surface area contributed by atoms with Crippen molar-refractivity contribution in [3.05, 3.63) is 0 Å². The van der Waals surface area contributed by atoms with Crippen LogP contribution in [0.3, 0.4) is 0 Å². The third kappa shape index (κ3) is 0.973. The third-order valence-corrected chi connectivity index (χ3v) is 2.55. The minimum Gasteiger partial charge on any atom is -0.319 e. The van der Waals surface area contributed by atoms with Gasteiger partial charge in [-0.1, -0.05) is 0 Å². The van der Waals surface area contributed by atoms with Crippen molar-refractivity contribution in [3.8, 4) is 0 Å². The van der Waals surface area contributed by atoms with Gasteiger partial charge >= 0.3 is 6.03 Å². The number of urea groups is 1. The first-order valence-electron chi connectivity index (χ1n) is 2.34. The van der Waals surface area contributed by atoms with E-state index in [1.807, 2.05) is 0 Å². The highest BCUT2D eigenvalue weighted by molar-refractivity contribution is 7.91. The van der Waals surface area contributed by atoms with Crippen molar-refractivity contribution in [2.75, 3.05) is 0 Å². The van der Waals surface area contributed by atoms with E-state index in [0.717, 1.165) is 0 Å². The summed E-state index contributed by atoms with van der Waals surface area (Å²) in [6, 6.07) is -0.650. The summed E-state index contributed by atoms with van der Waals surface area (Å²) in [5.74, 6) is 0. The largest absolute Gasteiger partial charge is 0.329 e. The van der Waals surface area contributed by atoms with Gasteiger partial charge in [-0.05, 0) is 6.92 Å². The van der Waals surface area contributed by atoms with Gasteiger partial charge in [0.2, 0.25) is 0 Å². The van der Waals surface area contributed by atoms with Crippen LogP contribution in [-0.4, -0.2) is 19.8 Å². The quantitative estimate of drug-likeness (QED) is 0.464. The Labute approximate surface area is 52.5 Å². The molecule has 1 fully saturated rings. The van der Waals surface area contributed by atoms with Gasteiger partial charge in [0.1, 0.15) is 5.37 Å². The first kappa shape index (κ1) is 6.34. The SMILES string of the molecule is CC1NC(=O)NS1(=O)=O. The highest BCUT2D eigenvalue weighted by atomic mass is 32.2. The van der Waals surface area contributed by atoms with Gasteiger partial charge in [0, 0.05) is 0 Å². The van der Waals surface area contributed by atoms with E-state index in [2.05, 4.69) is 5.32 Å². The minimum atomic E-state index is -3.38. The molecule has 1 heterocycles.